The molecule has 7 heteroatoms. The fourth-order valence-electron chi connectivity index (χ4n) is 3.26. The molecule has 3 heterocycles. The second-order valence-corrected chi connectivity index (χ2v) is 9.07. The third kappa shape index (κ3) is 3.62. The summed E-state index contributed by atoms with van der Waals surface area (Å²) in [6.45, 7) is 4.25. The van der Waals surface area contributed by atoms with Crippen LogP contribution in [0.25, 0.3) is 27.3 Å². The van der Waals surface area contributed by atoms with Gasteiger partial charge in [-0.25, -0.2) is 4.98 Å². The van der Waals surface area contributed by atoms with E-state index in [1.165, 1.54) is 15.8 Å². The Labute approximate surface area is 182 Å². The average molecular weight is 430 g/mol. The fraction of sp³-hybridized carbons (Fsp3) is 0.130. The molecule has 0 spiro atoms. The fourth-order valence-corrected chi connectivity index (χ4v) is 5.17. The minimum Gasteiger partial charge on any atom is -0.270 e. The van der Waals surface area contributed by atoms with Gasteiger partial charge in [-0.2, -0.15) is 0 Å². The number of fused-ring (bicyclic) bond motifs is 1. The van der Waals surface area contributed by atoms with Gasteiger partial charge in [0.05, 0.1) is 21.7 Å². The zero-order chi connectivity index (χ0) is 20.5. The summed E-state index contributed by atoms with van der Waals surface area (Å²) in [5, 5.41) is 11.0. The van der Waals surface area contributed by atoms with E-state index in [1.807, 2.05) is 18.2 Å². The van der Waals surface area contributed by atoms with Gasteiger partial charge in [0.25, 0.3) is 0 Å². The Morgan fingerprint density at radius 2 is 1.77 bits per heavy atom. The summed E-state index contributed by atoms with van der Waals surface area (Å²) in [6.07, 6.45) is 3.56. The average Bonchev–Trinajstić information content (AvgIpc) is 3.38. The van der Waals surface area contributed by atoms with E-state index in [4.69, 9.17) is 4.98 Å². The van der Waals surface area contributed by atoms with Crippen molar-refractivity contribution >= 4 is 33.3 Å². The van der Waals surface area contributed by atoms with Gasteiger partial charge in [0.15, 0.2) is 11.0 Å². The summed E-state index contributed by atoms with van der Waals surface area (Å²) >= 11 is 3.39. The zero-order valence-corrected chi connectivity index (χ0v) is 18.2. The Morgan fingerprint density at radius 3 is 2.57 bits per heavy atom. The molecule has 5 rings (SSSR count). The predicted octanol–water partition coefficient (Wildman–Crippen LogP) is 5.85. The molecule has 0 N–H and O–H groups in total. The highest BCUT2D eigenvalue weighted by Crippen LogP contribution is 2.32. The van der Waals surface area contributed by atoms with Crippen molar-refractivity contribution in [3.05, 3.63) is 83.1 Å². The third-order valence-corrected chi connectivity index (χ3v) is 7.14. The van der Waals surface area contributed by atoms with Gasteiger partial charge in [-0.1, -0.05) is 30.0 Å². The Balaban J connectivity index is 1.54. The summed E-state index contributed by atoms with van der Waals surface area (Å²) in [4.78, 5) is 8.89. The molecule has 0 unspecified atom stereocenters. The number of aryl methyl sites for hydroxylation is 2. The largest absolute Gasteiger partial charge is 0.270 e. The van der Waals surface area contributed by atoms with Gasteiger partial charge in [-0.3, -0.25) is 9.55 Å². The molecule has 0 saturated heterocycles. The van der Waals surface area contributed by atoms with Gasteiger partial charge in [-0.15, -0.1) is 21.5 Å². The van der Waals surface area contributed by atoms with Crippen LogP contribution < -0.4 is 0 Å². The van der Waals surface area contributed by atoms with Crippen molar-refractivity contribution in [1.82, 2.24) is 24.7 Å². The first kappa shape index (κ1) is 19.0. The molecule has 0 amide bonds. The molecule has 0 aliphatic carbocycles. The number of hydrogen-bond donors (Lipinski definition) is 0. The molecule has 30 heavy (non-hydrogen) atoms. The number of pyridine rings is 1. The number of para-hydroxylation sites is 1. The molecule has 148 valence electrons. The van der Waals surface area contributed by atoms with Gasteiger partial charge < -0.3 is 0 Å². The Kier molecular flexibility index (Phi) is 5.06. The van der Waals surface area contributed by atoms with Crippen molar-refractivity contribution in [2.24, 2.45) is 0 Å². The SMILES string of the molecule is Cc1ccc(-n2c(SCc3nc4ccccc4s3)nnc2-c2ccncc2)cc1C. The van der Waals surface area contributed by atoms with Crippen LogP contribution in [0.4, 0.5) is 0 Å². The van der Waals surface area contributed by atoms with E-state index in [0.717, 1.165) is 38.5 Å². The second kappa shape index (κ2) is 8.01. The standard InChI is InChI=1S/C23H19N5S2/c1-15-7-8-18(13-16(15)2)28-22(17-9-11-24-12-10-17)26-27-23(28)29-14-21-25-19-5-3-4-6-20(19)30-21/h3-13H,14H2,1-2H3. The number of thiazole rings is 1. The smallest absolute Gasteiger partial charge is 0.196 e. The molecule has 0 fully saturated rings. The van der Waals surface area contributed by atoms with E-state index in [2.05, 4.69) is 70.0 Å². The quantitative estimate of drug-likeness (QED) is 0.328. The predicted molar refractivity (Wildman–Crippen MR) is 123 cm³/mol. The van der Waals surface area contributed by atoms with Crippen molar-refractivity contribution in [1.29, 1.82) is 0 Å². The number of rotatable bonds is 5. The minimum absolute atomic E-state index is 0.749. The van der Waals surface area contributed by atoms with Gasteiger partial charge in [-0.05, 0) is 61.4 Å². The molecule has 5 nitrogen and oxygen atoms in total. The summed E-state index contributed by atoms with van der Waals surface area (Å²) in [7, 11) is 0. The van der Waals surface area contributed by atoms with E-state index in [-0.39, 0.29) is 0 Å². The van der Waals surface area contributed by atoms with Gasteiger partial charge in [0.2, 0.25) is 0 Å². The lowest BCUT2D eigenvalue weighted by Crippen LogP contribution is -2.01. The molecule has 0 saturated carbocycles. The van der Waals surface area contributed by atoms with Crippen molar-refractivity contribution in [3.8, 4) is 17.1 Å². The number of benzene rings is 2. The highest BCUT2D eigenvalue weighted by molar-refractivity contribution is 7.98. The molecular weight excluding hydrogens is 410 g/mol. The number of hydrogen-bond acceptors (Lipinski definition) is 6. The van der Waals surface area contributed by atoms with E-state index in [9.17, 15) is 0 Å². The Hall–Kier alpha value is -3.03. The second-order valence-electron chi connectivity index (χ2n) is 7.01. The molecule has 3 aromatic heterocycles. The van der Waals surface area contributed by atoms with Crippen molar-refractivity contribution in [3.63, 3.8) is 0 Å². The lowest BCUT2D eigenvalue weighted by Gasteiger charge is -2.12. The lowest BCUT2D eigenvalue weighted by atomic mass is 10.1. The van der Waals surface area contributed by atoms with Crippen molar-refractivity contribution < 1.29 is 0 Å². The number of aromatic nitrogens is 5. The maximum Gasteiger partial charge on any atom is 0.196 e. The highest BCUT2D eigenvalue weighted by atomic mass is 32.2. The maximum absolute atomic E-state index is 4.75. The van der Waals surface area contributed by atoms with Crippen molar-refractivity contribution in [2.45, 2.75) is 24.8 Å². The summed E-state index contributed by atoms with van der Waals surface area (Å²) in [5.74, 6) is 1.56. The molecular formula is C23H19N5S2. The molecule has 2 aromatic carbocycles. The Bertz CT molecular complexity index is 1290. The molecule has 0 aliphatic heterocycles. The first-order chi connectivity index (χ1) is 14.7. The van der Waals surface area contributed by atoms with Crippen LogP contribution in [0.1, 0.15) is 16.1 Å². The van der Waals surface area contributed by atoms with Crippen LogP contribution in [-0.2, 0) is 5.75 Å². The molecule has 0 bridgehead atoms. The molecule has 5 aromatic rings. The maximum atomic E-state index is 4.75. The Morgan fingerprint density at radius 1 is 0.933 bits per heavy atom. The highest BCUT2D eigenvalue weighted by Gasteiger charge is 2.17. The first-order valence-corrected chi connectivity index (χ1v) is 11.4. The third-order valence-electron chi connectivity index (χ3n) is 4.98. The van der Waals surface area contributed by atoms with E-state index < -0.39 is 0 Å². The van der Waals surface area contributed by atoms with Crippen LogP contribution in [0.3, 0.4) is 0 Å². The van der Waals surface area contributed by atoms with Gasteiger partial charge in [0.1, 0.15) is 5.01 Å². The van der Waals surface area contributed by atoms with Gasteiger partial charge >= 0.3 is 0 Å². The van der Waals surface area contributed by atoms with E-state index in [1.54, 1.807) is 35.5 Å². The van der Waals surface area contributed by atoms with Crippen LogP contribution in [-0.4, -0.2) is 24.7 Å². The molecule has 0 atom stereocenters. The normalized spacial score (nSPS) is 11.3. The van der Waals surface area contributed by atoms with E-state index >= 15 is 0 Å². The summed E-state index contributed by atoms with van der Waals surface area (Å²) < 4.78 is 3.33. The van der Waals surface area contributed by atoms with Crippen LogP contribution in [0.5, 0.6) is 0 Å². The number of thioether (sulfide) groups is 1. The van der Waals surface area contributed by atoms with Gasteiger partial charge in [0, 0.05) is 18.0 Å². The van der Waals surface area contributed by atoms with Crippen molar-refractivity contribution in [2.75, 3.05) is 0 Å². The van der Waals surface area contributed by atoms with Crippen LogP contribution in [0, 0.1) is 13.8 Å². The van der Waals surface area contributed by atoms with E-state index in [0.29, 0.717) is 0 Å². The molecule has 0 aliphatic rings. The number of nitrogens with zero attached hydrogens (tertiary/aromatic N) is 5. The minimum atomic E-state index is 0.749. The topological polar surface area (TPSA) is 56.5 Å². The van der Waals surface area contributed by atoms with Crippen LogP contribution >= 0.6 is 23.1 Å². The summed E-state index contributed by atoms with van der Waals surface area (Å²) in [5.41, 5.74) is 5.60. The monoisotopic (exact) mass is 429 g/mol. The molecule has 0 radical (unpaired) electrons. The van der Waals surface area contributed by atoms with Crippen LogP contribution in [0.2, 0.25) is 0 Å². The van der Waals surface area contributed by atoms with Crippen LogP contribution in [0.15, 0.2) is 72.1 Å². The summed E-state index contributed by atoms with van der Waals surface area (Å²) in [6, 6.07) is 18.6. The zero-order valence-electron chi connectivity index (χ0n) is 16.6. The lowest BCUT2D eigenvalue weighted by molar-refractivity contribution is 0.884. The first-order valence-electron chi connectivity index (χ1n) is 9.60.